The highest BCUT2D eigenvalue weighted by molar-refractivity contribution is 7.89. The van der Waals surface area contributed by atoms with Crippen molar-refractivity contribution in [1.29, 1.82) is 0 Å². The molecule has 12 heteroatoms. The highest BCUT2D eigenvalue weighted by Crippen LogP contribution is 2.25. The molecule has 8 nitrogen and oxygen atoms in total. The molecule has 2 aromatic carbocycles. The molecule has 1 amide bonds. The number of carbonyl (C=O) groups is 2. The summed E-state index contributed by atoms with van der Waals surface area (Å²) >= 11 is 1.05. The molecule has 2 heterocycles. The minimum Gasteiger partial charge on any atom is -0.468 e. The molecule has 3 aromatic rings. The SMILES string of the molecule is COC(=O)Cn1c(=NC(=O)C2CCCN(S(=O)(=O)c3ccc(F)cc3)C2)sc2cc(F)ccc21. The van der Waals surface area contributed by atoms with Gasteiger partial charge in [0.2, 0.25) is 10.0 Å². The molecule has 34 heavy (non-hydrogen) atoms. The fourth-order valence-corrected chi connectivity index (χ4v) is 6.37. The van der Waals surface area contributed by atoms with Crippen LogP contribution in [-0.4, -0.2) is 49.4 Å². The molecule has 4 rings (SSSR count). The lowest BCUT2D eigenvalue weighted by Crippen LogP contribution is -2.42. The monoisotopic (exact) mass is 509 g/mol. The van der Waals surface area contributed by atoms with Crippen LogP contribution >= 0.6 is 11.3 Å². The van der Waals surface area contributed by atoms with Gasteiger partial charge in [0.15, 0.2) is 4.80 Å². The van der Waals surface area contributed by atoms with Crippen LogP contribution in [-0.2, 0) is 30.9 Å². The van der Waals surface area contributed by atoms with E-state index in [1.807, 2.05) is 0 Å². The first kappa shape index (κ1) is 24.2. The van der Waals surface area contributed by atoms with Crippen molar-refractivity contribution >= 4 is 43.5 Å². The van der Waals surface area contributed by atoms with Gasteiger partial charge in [-0.25, -0.2) is 17.2 Å². The highest BCUT2D eigenvalue weighted by atomic mass is 32.2. The zero-order valence-corrected chi connectivity index (χ0v) is 19.7. The lowest BCUT2D eigenvalue weighted by Gasteiger charge is -2.30. The summed E-state index contributed by atoms with van der Waals surface area (Å²) in [6, 6.07) is 8.53. The molecular formula is C22H21F2N3O5S2. The van der Waals surface area contributed by atoms with Crippen molar-refractivity contribution in [3.8, 4) is 0 Å². The number of thiazole rings is 1. The Bertz CT molecular complexity index is 1410. The maximum absolute atomic E-state index is 13.7. The van der Waals surface area contributed by atoms with Crippen molar-refractivity contribution in [2.45, 2.75) is 24.3 Å². The van der Waals surface area contributed by atoms with Crippen molar-refractivity contribution in [2.24, 2.45) is 10.9 Å². The average Bonchev–Trinajstić information content (AvgIpc) is 3.14. The standard InChI is InChI=1S/C22H21F2N3O5S2/c1-32-20(28)13-27-18-9-6-16(24)11-19(18)33-22(27)25-21(29)14-3-2-10-26(12-14)34(30,31)17-7-4-15(23)5-8-17/h4-9,11,14H,2-3,10,12-13H2,1H3. The van der Waals surface area contributed by atoms with Crippen LogP contribution in [0.5, 0.6) is 0 Å². The van der Waals surface area contributed by atoms with Gasteiger partial charge >= 0.3 is 5.97 Å². The number of fused-ring (bicyclic) bond motifs is 1. The maximum atomic E-state index is 13.7. The van der Waals surface area contributed by atoms with Crippen molar-refractivity contribution < 1.29 is 31.5 Å². The summed E-state index contributed by atoms with van der Waals surface area (Å²) in [6.45, 7) is -0.0590. The van der Waals surface area contributed by atoms with Gasteiger partial charge < -0.3 is 9.30 Å². The van der Waals surface area contributed by atoms with E-state index in [1.165, 1.54) is 46.3 Å². The predicted octanol–water partition coefficient (Wildman–Crippen LogP) is 2.68. The summed E-state index contributed by atoms with van der Waals surface area (Å²) < 4.78 is 60.7. The van der Waals surface area contributed by atoms with Crippen LogP contribution in [0.1, 0.15) is 12.8 Å². The van der Waals surface area contributed by atoms with E-state index in [0.29, 0.717) is 23.1 Å². The second-order valence-corrected chi connectivity index (χ2v) is 10.7. The van der Waals surface area contributed by atoms with Gasteiger partial charge in [-0.2, -0.15) is 9.30 Å². The second kappa shape index (κ2) is 9.72. The zero-order chi connectivity index (χ0) is 24.5. The summed E-state index contributed by atoms with van der Waals surface area (Å²) in [7, 11) is -2.67. The number of amides is 1. The number of carbonyl (C=O) groups excluding carboxylic acids is 2. The number of esters is 1. The number of hydrogen-bond donors (Lipinski definition) is 0. The normalized spacial score (nSPS) is 17.7. The lowest BCUT2D eigenvalue weighted by molar-refractivity contribution is -0.141. The van der Waals surface area contributed by atoms with E-state index in [0.717, 1.165) is 23.5 Å². The third kappa shape index (κ3) is 4.93. The number of ether oxygens (including phenoxy) is 1. The Kier molecular flexibility index (Phi) is 6.91. The van der Waals surface area contributed by atoms with Crippen molar-refractivity contribution in [3.63, 3.8) is 0 Å². The summed E-state index contributed by atoms with van der Waals surface area (Å²) in [5, 5.41) is 0. The van der Waals surface area contributed by atoms with Gasteiger partial charge in [0.25, 0.3) is 5.91 Å². The number of halogens is 2. The molecule has 0 saturated carbocycles. The fraction of sp³-hybridized carbons (Fsp3) is 0.318. The van der Waals surface area contributed by atoms with Crippen molar-refractivity contribution in [2.75, 3.05) is 20.2 Å². The Morgan fingerprint density at radius 2 is 1.85 bits per heavy atom. The first-order valence-corrected chi connectivity index (χ1v) is 12.6. The molecular weight excluding hydrogens is 488 g/mol. The number of methoxy groups -OCH3 is 1. The molecule has 1 aliphatic rings. The van der Waals surface area contributed by atoms with Crippen LogP contribution in [0.4, 0.5) is 8.78 Å². The number of piperidine rings is 1. The number of rotatable bonds is 5. The van der Waals surface area contributed by atoms with Crippen molar-refractivity contribution in [1.82, 2.24) is 8.87 Å². The smallest absolute Gasteiger partial charge is 0.325 e. The quantitative estimate of drug-likeness (QED) is 0.493. The van der Waals surface area contributed by atoms with Crippen LogP contribution in [0.25, 0.3) is 10.2 Å². The van der Waals surface area contributed by atoms with Gasteiger partial charge in [0.05, 0.1) is 28.1 Å². The minimum absolute atomic E-state index is 0.0543. The number of nitrogens with zero attached hydrogens (tertiary/aromatic N) is 3. The highest BCUT2D eigenvalue weighted by Gasteiger charge is 2.33. The average molecular weight is 510 g/mol. The molecule has 0 radical (unpaired) electrons. The van der Waals surface area contributed by atoms with Gasteiger partial charge in [-0.3, -0.25) is 9.59 Å². The van der Waals surface area contributed by atoms with E-state index in [2.05, 4.69) is 4.99 Å². The Labute approximate surface area is 198 Å². The van der Waals surface area contributed by atoms with E-state index in [4.69, 9.17) is 4.74 Å². The van der Waals surface area contributed by atoms with E-state index in [1.54, 1.807) is 0 Å². The summed E-state index contributed by atoms with van der Waals surface area (Å²) in [5.74, 6) is -2.81. The maximum Gasteiger partial charge on any atom is 0.325 e. The Morgan fingerprint density at radius 3 is 2.56 bits per heavy atom. The van der Waals surface area contributed by atoms with E-state index >= 15 is 0 Å². The van der Waals surface area contributed by atoms with Crippen LogP contribution in [0, 0.1) is 17.6 Å². The van der Waals surface area contributed by atoms with Crippen LogP contribution in [0.15, 0.2) is 52.4 Å². The third-order valence-electron chi connectivity index (χ3n) is 5.55. The van der Waals surface area contributed by atoms with Gasteiger partial charge in [0, 0.05) is 13.1 Å². The topological polar surface area (TPSA) is 98.0 Å². The molecule has 180 valence electrons. The van der Waals surface area contributed by atoms with Crippen LogP contribution in [0.3, 0.4) is 0 Å². The van der Waals surface area contributed by atoms with Gasteiger partial charge in [0.1, 0.15) is 18.2 Å². The summed E-state index contributed by atoms with van der Waals surface area (Å²) in [6.07, 6.45) is 0.889. The molecule has 1 aromatic heterocycles. The van der Waals surface area contributed by atoms with Crippen molar-refractivity contribution in [3.05, 3.63) is 58.9 Å². The number of benzene rings is 2. The lowest BCUT2D eigenvalue weighted by atomic mass is 9.99. The molecule has 1 unspecified atom stereocenters. The van der Waals surface area contributed by atoms with Crippen LogP contribution in [0.2, 0.25) is 0 Å². The minimum atomic E-state index is -3.90. The molecule has 1 atom stereocenters. The molecule has 1 saturated heterocycles. The molecule has 1 aliphatic heterocycles. The largest absolute Gasteiger partial charge is 0.468 e. The van der Waals surface area contributed by atoms with Crippen LogP contribution < -0.4 is 4.80 Å². The Hall–Kier alpha value is -2.96. The van der Waals surface area contributed by atoms with Gasteiger partial charge in [-0.05, 0) is 55.3 Å². The molecule has 1 fully saturated rings. The fourth-order valence-electron chi connectivity index (χ4n) is 3.78. The third-order valence-corrected chi connectivity index (χ3v) is 8.47. The number of hydrogen-bond acceptors (Lipinski definition) is 6. The zero-order valence-electron chi connectivity index (χ0n) is 18.1. The number of sulfonamides is 1. The van der Waals surface area contributed by atoms with Gasteiger partial charge in [-0.1, -0.05) is 11.3 Å². The molecule has 0 spiro atoms. The Balaban J connectivity index is 1.64. The second-order valence-electron chi connectivity index (χ2n) is 7.77. The molecule has 0 bridgehead atoms. The summed E-state index contributed by atoms with van der Waals surface area (Å²) in [5.41, 5.74) is 0.521. The van der Waals surface area contributed by atoms with E-state index < -0.39 is 39.5 Å². The van der Waals surface area contributed by atoms with E-state index in [-0.39, 0.29) is 29.3 Å². The van der Waals surface area contributed by atoms with E-state index in [9.17, 15) is 26.8 Å². The first-order chi connectivity index (χ1) is 16.2. The molecule has 0 aliphatic carbocycles. The predicted molar refractivity (Wildman–Crippen MR) is 120 cm³/mol. The summed E-state index contributed by atoms with van der Waals surface area (Å²) in [4.78, 5) is 29.3. The van der Waals surface area contributed by atoms with Gasteiger partial charge in [-0.15, -0.1) is 0 Å². The first-order valence-electron chi connectivity index (χ1n) is 10.4. The number of aromatic nitrogens is 1. The molecule has 0 N–H and O–H groups in total. The Morgan fingerprint density at radius 1 is 1.15 bits per heavy atom.